The van der Waals surface area contributed by atoms with Crippen LogP contribution in [-0.4, -0.2) is 5.11 Å². The Hall–Kier alpha value is -1.60. The number of aliphatic hydroxyl groups is 1. The van der Waals surface area contributed by atoms with Crippen LogP contribution >= 0.6 is 0 Å². The molecule has 2 rings (SSSR count). The van der Waals surface area contributed by atoms with Crippen molar-refractivity contribution in [3.63, 3.8) is 0 Å². The minimum atomic E-state index is 0.0874. The summed E-state index contributed by atoms with van der Waals surface area (Å²) in [5.41, 5.74) is 4.49. The quantitative estimate of drug-likeness (QED) is 0.786. The fraction of sp³-hybridized carbons (Fsp3) is 0.143. The van der Waals surface area contributed by atoms with Gasteiger partial charge in [0.05, 0.1) is 6.61 Å². The van der Waals surface area contributed by atoms with Crippen LogP contribution in [0.4, 0.5) is 0 Å². The van der Waals surface area contributed by atoms with E-state index in [0.717, 1.165) is 16.7 Å². The minimum absolute atomic E-state index is 0.0874. The molecule has 76 valence electrons. The number of benzene rings is 2. The predicted molar refractivity (Wildman–Crippen MR) is 62.5 cm³/mol. The summed E-state index contributed by atoms with van der Waals surface area (Å²) >= 11 is 0. The van der Waals surface area contributed by atoms with Gasteiger partial charge in [-0.05, 0) is 23.6 Å². The van der Waals surface area contributed by atoms with Crippen LogP contribution in [0.25, 0.3) is 11.1 Å². The normalized spacial score (nSPS) is 10.3. The monoisotopic (exact) mass is 198 g/mol. The van der Waals surface area contributed by atoms with E-state index in [2.05, 4.69) is 31.2 Å². The maximum absolute atomic E-state index is 9.23. The molecular formula is C14H14O. The topological polar surface area (TPSA) is 20.2 Å². The molecule has 1 N–H and O–H groups in total. The standard InChI is InChI=1S/C14H14O/c1-11-6-8-12(9-7-11)14-5-3-2-4-13(14)10-15/h2-9,15H,10H2,1H3. The number of hydrogen-bond donors (Lipinski definition) is 1. The van der Waals surface area contributed by atoms with Gasteiger partial charge in [-0.1, -0.05) is 54.1 Å². The summed E-state index contributed by atoms with van der Waals surface area (Å²) in [5.74, 6) is 0. The first-order valence-electron chi connectivity index (χ1n) is 5.07. The summed E-state index contributed by atoms with van der Waals surface area (Å²) in [7, 11) is 0. The van der Waals surface area contributed by atoms with Gasteiger partial charge in [0.25, 0.3) is 0 Å². The van der Waals surface area contributed by atoms with E-state index in [0.29, 0.717) is 0 Å². The van der Waals surface area contributed by atoms with Crippen molar-refractivity contribution in [3.8, 4) is 11.1 Å². The van der Waals surface area contributed by atoms with E-state index in [9.17, 15) is 5.11 Å². The lowest BCUT2D eigenvalue weighted by atomic mass is 9.99. The third-order valence-electron chi connectivity index (χ3n) is 2.55. The first-order valence-corrected chi connectivity index (χ1v) is 5.07. The highest BCUT2D eigenvalue weighted by Gasteiger charge is 2.02. The highest BCUT2D eigenvalue weighted by Crippen LogP contribution is 2.23. The van der Waals surface area contributed by atoms with Crippen molar-refractivity contribution in [2.75, 3.05) is 0 Å². The van der Waals surface area contributed by atoms with Gasteiger partial charge < -0.3 is 5.11 Å². The Morgan fingerprint density at radius 3 is 2.27 bits per heavy atom. The van der Waals surface area contributed by atoms with E-state index in [1.54, 1.807) is 0 Å². The predicted octanol–water partition coefficient (Wildman–Crippen LogP) is 3.15. The maximum atomic E-state index is 9.23. The summed E-state index contributed by atoms with van der Waals surface area (Å²) in [6.45, 7) is 2.16. The Morgan fingerprint density at radius 2 is 1.60 bits per heavy atom. The molecule has 0 spiro atoms. The zero-order chi connectivity index (χ0) is 10.7. The van der Waals surface area contributed by atoms with Crippen LogP contribution in [0.1, 0.15) is 11.1 Å². The number of hydrogen-bond acceptors (Lipinski definition) is 1. The van der Waals surface area contributed by atoms with Crippen molar-refractivity contribution in [2.45, 2.75) is 13.5 Å². The largest absolute Gasteiger partial charge is 0.392 e. The average Bonchev–Trinajstić information content (AvgIpc) is 2.30. The van der Waals surface area contributed by atoms with Crippen molar-refractivity contribution < 1.29 is 5.11 Å². The van der Waals surface area contributed by atoms with Gasteiger partial charge in [0.2, 0.25) is 0 Å². The zero-order valence-electron chi connectivity index (χ0n) is 8.77. The van der Waals surface area contributed by atoms with Gasteiger partial charge >= 0.3 is 0 Å². The molecule has 2 aromatic rings. The Bertz CT molecular complexity index is 443. The van der Waals surface area contributed by atoms with Crippen LogP contribution in [0.2, 0.25) is 0 Å². The summed E-state index contributed by atoms with van der Waals surface area (Å²) in [5, 5.41) is 9.23. The van der Waals surface area contributed by atoms with Gasteiger partial charge in [-0.3, -0.25) is 0 Å². The first-order chi connectivity index (χ1) is 7.31. The lowest BCUT2D eigenvalue weighted by molar-refractivity contribution is 0.282. The molecule has 1 nitrogen and oxygen atoms in total. The molecule has 15 heavy (non-hydrogen) atoms. The molecule has 0 heterocycles. The van der Waals surface area contributed by atoms with Gasteiger partial charge in [0, 0.05) is 0 Å². The molecule has 0 aromatic heterocycles. The third-order valence-corrected chi connectivity index (χ3v) is 2.55. The second-order valence-corrected chi connectivity index (χ2v) is 3.68. The molecule has 0 saturated carbocycles. The van der Waals surface area contributed by atoms with Crippen LogP contribution in [-0.2, 0) is 6.61 Å². The molecule has 2 aromatic carbocycles. The van der Waals surface area contributed by atoms with Crippen molar-refractivity contribution in [1.29, 1.82) is 0 Å². The molecule has 0 aliphatic carbocycles. The van der Waals surface area contributed by atoms with Crippen LogP contribution in [0.15, 0.2) is 48.5 Å². The molecule has 0 fully saturated rings. The van der Waals surface area contributed by atoms with Crippen LogP contribution in [0, 0.1) is 6.92 Å². The number of rotatable bonds is 2. The Morgan fingerprint density at radius 1 is 0.933 bits per heavy atom. The number of aryl methyl sites for hydroxylation is 1. The Labute approximate surface area is 90.0 Å². The summed E-state index contributed by atoms with van der Waals surface area (Å²) in [4.78, 5) is 0. The Balaban J connectivity index is 2.49. The van der Waals surface area contributed by atoms with Gasteiger partial charge in [0.1, 0.15) is 0 Å². The molecule has 0 unspecified atom stereocenters. The average molecular weight is 198 g/mol. The van der Waals surface area contributed by atoms with Gasteiger partial charge in [-0.15, -0.1) is 0 Å². The van der Waals surface area contributed by atoms with E-state index in [4.69, 9.17) is 0 Å². The van der Waals surface area contributed by atoms with Crippen LogP contribution in [0.5, 0.6) is 0 Å². The highest BCUT2D eigenvalue weighted by atomic mass is 16.3. The summed E-state index contributed by atoms with van der Waals surface area (Å²) < 4.78 is 0. The molecule has 0 aliphatic heterocycles. The fourth-order valence-electron chi connectivity index (χ4n) is 1.67. The van der Waals surface area contributed by atoms with Crippen LogP contribution < -0.4 is 0 Å². The molecule has 0 radical (unpaired) electrons. The molecule has 0 amide bonds. The Kier molecular flexibility index (Phi) is 2.84. The van der Waals surface area contributed by atoms with Gasteiger partial charge in [0.15, 0.2) is 0 Å². The van der Waals surface area contributed by atoms with Crippen molar-refractivity contribution >= 4 is 0 Å². The van der Waals surface area contributed by atoms with E-state index in [1.165, 1.54) is 5.56 Å². The fourth-order valence-corrected chi connectivity index (χ4v) is 1.67. The minimum Gasteiger partial charge on any atom is -0.392 e. The lowest BCUT2D eigenvalue weighted by Gasteiger charge is -2.07. The molecule has 0 atom stereocenters. The maximum Gasteiger partial charge on any atom is 0.0687 e. The highest BCUT2D eigenvalue weighted by molar-refractivity contribution is 5.67. The molecule has 0 aliphatic rings. The first kappa shape index (κ1) is 9.94. The van der Waals surface area contributed by atoms with Crippen molar-refractivity contribution in [2.24, 2.45) is 0 Å². The second kappa shape index (κ2) is 4.28. The molecule has 1 heteroatoms. The van der Waals surface area contributed by atoms with Crippen LogP contribution in [0.3, 0.4) is 0 Å². The van der Waals surface area contributed by atoms with Gasteiger partial charge in [-0.2, -0.15) is 0 Å². The van der Waals surface area contributed by atoms with E-state index in [-0.39, 0.29) is 6.61 Å². The molecule has 0 saturated heterocycles. The van der Waals surface area contributed by atoms with E-state index < -0.39 is 0 Å². The summed E-state index contributed by atoms with van der Waals surface area (Å²) in [6, 6.07) is 16.3. The van der Waals surface area contributed by atoms with E-state index in [1.807, 2.05) is 24.3 Å². The smallest absolute Gasteiger partial charge is 0.0687 e. The number of aliphatic hydroxyl groups excluding tert-OH is 1. The van der Waals surface area contributed by atoms with Crippen molar-refractivity contribution in [3.05, 3.63) is 59.7 Å². The third kappa shape index (κ3) is 2.08. The molecular weight excluding hydrogens is 184 g/mol. The zero-order valence-corrected chi connectivity index (χ0v) is 8.77. The van der Waals surface area contributed by atoms with Gasteiger partial charge in [-0.25, -0.2) is 0 Å². The lowest BCUT2D eigenvalue weighted by Crippen LogP contribution is -1.88. The second-order valence-electron chi connectivity index (χ2n) is 3.68. The summed E-state index contributed by atoms with van der Waals surface area (Å²) in [6.07, 6.45) is 0. The SMILES string of the molecule is Cc1ccc(-c2ccccc2CO)cc1. The molecule has 0 bridgehead atoms. The van der Waals surface area contributed by atoms with Crippen molar-refractivity contribution in [1.82, 2.24) is 0 Å². The van der Waals surface area contributed by atoms with E-state index >= 15 is 0 Å².